The maximum absolute atomic E-state index is 12.2. The summed E-state index contributed by atoms with van der Waals surface area (Å²) in [6.07, 6.45) is 2.73. The third kappa shape index (κ3) is 2.06. The zero-order valence-electron chi connectivity index (χ0n) is 10.7. The van der Waals surface area contributed by atoms with Gasteiger partial charge in [0.2, 0.25) is 0 Å². The predicted molar refractivity (Wildman–Crippen MR) is 73.1 cm³/mol. The van der Waals surface area contributed by atoms with E-state index in [2.05, 4.69) is 5.10 Å². The van der Waals surface area contributed by atoms with Crippen LogP contribution in [0.15, 0.2) is 22.6 Å². The number of fused-ring (bicyclic) bond motifs is 1. The first-order valence-electron chi connectivity index (χ1n) is 6.42. The number of amides is 3. The molecule has 0 bridgehead atoms. The number of urea groups is 1. The third-order valence-electron chi connectivity index (χ3n) is 3.55. The highest BCUT2D eigenvalue weighted by molar-refractivity contribution is 7.12. The van der Waals surface area contributed by atoms with Crippen molar-refractivity contribution in [3.05, 3.63) is 22.4 Å². The van der Waals surface area contributed by atoms with Crippen molar-refractivity contribution >= 4 is 29.0 Å². The van der Waals surface area contributed by atoms with Crippen LogP contribution in [-0.4, -0.2) is 40.1 Å². The van der Waals surface area contributed by atoms with Crippen molar-refractivity contribution in [2.45, 2.75) is 32.2 Å². The fourth-order valence-corrected chi connectivity index (χ4v) is 3.22. The van der Waals surface area contributed by atoms with Crippen LogP contribution in [0.3, 0.4) is 0 Å². The van der Waals surface area contributed by atoms with E-state index in [4.69, 9.17) is 0 Å². The second kappa shape index (κ2) is 4.77. The van der Waals surface area contributed by atoms with Gasteiger partial charge in [-0.25, -0.2) is 4.79 Å². The summed E-state index contributed by atoms with van der Waals surface area (Å²) in [5, 5.41) is 7.22. The van der Waals surface area contributed by atoms with Gasteiger partial charge >= 0.3 is 6.03 Å². The topological polar surface area (TPSA) is 53.0 Å². The summed E-state index contributed by atoms with van der Waals surface area (Å²) in [5.74, 6) is -0.180. The van der Waals surface area contributed by atoms with E-state index in [0.717, 1.165) is 29.1 Å². The molecular weight excluding hydrogens is 262 g/mol. The van der Waals surface area contributed by atoms with E-state index in [0.29, 0.717) is 12.3 Å². The summed E-state index contributed by atoms with van der Waals surface area (Å²) in [4.78, 5) is 27.0. The number of nitrogens with zero attached hydrogens (tertiary/aromatic N) is 3. The molecule has 0 unspecified atom stereocenters. The number of imide groups is 1. The molecule has 6 heteroatoms. The molecule has 1 atom stereocenters. The van der Waals surface area contributed by atoms with Crippen LogP contribution in [0, 0.1) is 0 Å². The Kier molecular flexibility index (Phi) is 3.10. The van der Waals surface area contributed by atoms with Gasteiger partial charge in [0.25, 0.3) is 5.91 Å². The number of carbonyl (C=O) groups excluding carboxylic acids is 2. The molecule has 2 aliphatic heterocycles. The zero-order valence-corrected chi connectivity index (χ0v) is 11.5. The Bertz CT molecular complexity index is 514. The Hall–Kier alpha value is -1.69. The molecule has 1 aromatic heterocycles. The van der Waals surface area contributed by atoms with Crippen LogP contribution in [0.5, 0.6) is 0 Å². The first-order valence-corrected chi connectivity index (χ1v) is 7.30. The van der Waals surface area contributed by atoms with Gasteiger partial charge in [-0.1, -0.05) is 6.07 Å². The molecule has 5 nitrogen and oxygen atoms in total. The standard InChI is InChI=1S/C13H15N3O2S/c1-9(11-6-4-8-19-11)14-16-12(17)10-5-2-3-7-15(10)13(16)18/h4,6,8,10H,2-3,5,7H2,1H3/b14-9+/t10-/m0/s1. The summed E-state index contributed by atoms with van der Waals surface area (Å²) in [7, 11) is 0. The molecule has 3 amide bonds. The number of piperidine rings is 1. The maximum atomic E-state index is 12.2. The second-order valence-corrected chi connectivity index (χ2v) is 5.75. The summed E-state index contributed by atoms with van der Waals surface area (Å²) >= 11 is 1.55. The smallest absolute Gasteiger partial charge is 0.311 e. The fourth-order valence-electron chi connectivity index (χ4n) is 2.55. The van der Waals surface area contributed by atoms with Crippen molar-refractivity contribution in [1.82, 2.24) is 9.91 Å². The molecule has 2 saturated heterocycles. The highest BCUT2D eigenvalue weighted by atomic mass is 32.1. The van der Waals surface area contributed by atoms with Crippen molar-refractivity contribution in [3.63, 3.8) is 0 Å². The molecule has 2 aliphatic rings. The number of carbonyl (C=O) groups is 2. The van der Waals surface area contributed by atoms with Crippen LogP contribution in [0.2, 0.25) is 0 Å². The molecule has 3 rings (SSSR count). The van der Waals surface area contributed by atoms with Crippen LogP contribution < -0.4 is 0 Å². The Labute approximate surface area is 115 Å². The van der Waals surface area contributed by atoms with E-state index in [9.17, 15) is 9.59 Å². The SMILES string of the molecule is C/C(=N\N1C(=O)[C@@H]2CCCCN2C1=O)c1cccs1. The van der Waals surface area contributed by atoms with Crippen LogP contribution >= 0.6 is 11.3 Å². The van der Waals surface area contributed by atoms with Crippen LogP contribution in [0.4, 0.5) is 4.79 Å². The molecule has 0 spiro atoms. The van der Waals surface area contributed by atoms with Crippen molar-refractivity contribution < 1.29 is 9.59 Å². The van der Waals surface area contributed by atoms with Crippen LogP contribution in [0.1, 0.15) is 31.1 Å². The van der Waals surface area contributed by atoms with E-state index in [1.165, 1.54) is 0 Å². The molecular formula is C13H15N3O2S. The predicted octanol–water partition coefficient (Wildman–Crippen LogP) is 2.29. The number of hydrazone groups is 1. The Balaban J connectivity index is 1.87. The lowest BCUT2D eigenvalue weighted by Gasteiger charge is -2.25. The minimum absolute atomic E-state index is 0.180. The van der Waals surface area contributed by atoms with E-state index in [1.807, 2.05) is 24.4 Å². The van der Waals surface area contributed by atoms with Crippen molar-refractivity contribution in [3.8, 4) is 0 Å². The zero-order chi connectivity index (χ0) is 13.4. The molecule has 0 N–H and O–H groups in total. The van der Waals surface area contributed by atoms with E-state index in [1.54, 1.807) is 16.2 Å². The first-order chi connectivity index (χ1) is 9.18. The van der Waals surface area contributed by atoms with Gasteiger partial charge in [0.05, 0.1) is 10.6 Å². The van der Waals surface area contributed by atoms with Gasteiger partial charge in [-0.2, -0.15) is 5.10 Å². The minimum Gasteiger partial charge on any atom is -0.311 e. The Morgan fingerprint density at radius 2 is 2.26 bits per heavy atom. The maximum Gasteiger partial charge on any atom is 0.348 e. The molecule has 3 heterocycles. The highest BCUT2D eigenvalue weighted by Crippen LogP contribution is 2.27. The van der Waals surface area contributed by atoms with Crippen molar-refractivity contribution in [2.24, 2.45) is 5.10 Å². The number of hydrogen-bond donors (Lipinski definition) is 0. The average molecular weight is 277 g/mol. The second-order valence-electron chi connectivity index (χ2n) is 4.80. The molecule has 2 fully saturated rings. The van der Waals surface area contributed by atoms with Gasteiger partial charge in [-0.05, 0) is 37.6 Å². The van der Waals surface area contributed by atoms with Gasteiger partial charge < -0.3 is 4.90 Å². The molecule has 19 heavy (non-hydrogen) atoms. The largest absolute Gasteiger partial charge is 0.348 e. The Morgan fingerprint density at radius 3 is 2.95 bits per heavy atom. The molecule has 0 radical (unpaired) electrons. The Morgan fingerprint density at radius 1 is 1.42 bits per heavy atom. The third-order valence-corrected chi connectivity index (χ3v) is 4.53. The lowest BCUT2D eigenvalue weighted by molar-refractivity contribution is -0.128. The molecule has 0 saturated carbocycles. The van der Waals surface area contributed by atoms with Crippen molar-refractivity contribution in [2.75, 3.05) is 6.54 Å². The molecule has 0 aliphatic carbocycles. The van der Waals surface area contributed by atoms with Gasteiger partial charge in [0.1, 0.15) is 6.04 Å². The number of rotatable bonds is 2. The highest BCUT2D eigenvalue weighted by Gasteiger charge is 2.46. The van der Waals surface area contributed by atoms with Gasteiger partial charge in [0.15, 0.2) is 0 Å². The molecule has 0 aromatic carbocycles. The van der Waals surface area contributed by atoms with Crippen LogP contribution in [0.25, 0.3) is 0 Å². The minimum atomic E-state index is -0.291. The quantitative estimate of drug-likeness (QED) is 0.615. The lowest BCUT2D eigenvalue weighted by Crippen LogP contribution is -2.38. The molecule has 100 valence electrons. The number of thiophene rings is 1. The van der Waals surface area contributed by atoms with E-state index < -0.39 is 0 Å². The van der Waals surface area contributed by atoms with Crippen molar-refractivity contribution in [1.29, 1.82) is 0 Å². The van der Waals surface area contributed by atoms with Crippen LogP contribution in [-0.2, 0) is 4.79 Å². The normalized spacial score (nSPS) is 24.1. The van der Waals surface area contributed by atoms with E-state index in [-0.39, 0.29) is 18.0 Å². The van der Waals surface area contributed by atoms with Gasteiger partial charge in [0, 0.05) is 6.54 Å². The van der Waals surface area contributed by atoms with Gasteiger partial charge in [-0.3, -0.25) is 4.79 Å². The summed E-state index contributed by atoms with van der Waals surface area (Å²) in [6, 6.07) is 3.30. The van der Waals surface area contributed by atoms with E-state index >= 15 is 0 Å². The summed E-state index contributed by atoms with van der Waals surface area (Å²) < 4.78 is 0. The molecule has 1 aromatic rings. The lowest BCUT2D eigenvalue weighted by atomic mass is 10.0. The monoisotopic (exact) mass is 277 g/mol. The summed E-state index contributed by atoms with van der Waals surface area (Å²) in [5.41, 5.74) is 0.705. The summed E-state index contributed by atoms with van der Waals surface area (Å²) in [6.45, 7) is 2.49. The first kappa shape index (κ1) is 12.3. The fraction of sp³-hybridized carbons (Fsp3) is 0.462. The van der Waals surface area contributed by atoms with Gasteiger partial charge in [-0.15, -0.1) is 16.3 Å². The number of hydrogen-bond acceptors (Lipinski definition) is 4. The average Bonchev–Trinajstić information content (AvgIpc) is 3.03.